The summed E-state index contributed by atoms with van der Waals surface area (Å²) in [5, 5.41) is 0. The van der Waals surface area contributed by atoms with Crippen LogP contribution in [0.4, 0.5) is 0 Å². The third-order valence-electron chi connectivity index (χ3n) is 4.27. The van der Waals surface area contributed by atoms with Crippen molar-refractivity contribution >= 4 is 34.2 Å². The number of carbonyl (C=O) groups is 1. The van der Waals surface area contributed by atoms with Crippen molar-refractivity contribution in [3.8, 4) is 5.75 Å². The van der Waals surface area contributed by atoms with Crippen LogP contribution < -0.4 is 10.5 Å². The molecule has 0 saturated carbocycles. The third kappa shape index (κ3) is 3.74. The Kier molecular flexibility index (Phi) is 6.27. The quantitative estimate of drug-likeness (QED) is 0.841. The Morgan fingerprint density at radius 2 is 1.92 bits per heavy atom. The topological polar surface area (TPSA) is 55.6 Å². The lowest BCUT2D eigenvalue weighted by molar-refractivity contribution is 0.0786. The first-order valence-corrected chi connectivity index (χ1v) is 8.33. The predicted molar refractivity (Wildman–Crippen MR) is 101 cm³/mol. The maximum Gasteiger partial charge on any atom is 0.257 e. The van der Waals surface area contributed by atoms with Crippen molar-refractivity contribution in [1.82, 2.24) is 4.90 Å². The van der Waals surface area contributed by atoms with Gasteiger partial charge in [-0.3, -0.25) is 4.79 Å². The van der Waals surface area contributed by atoms with Crippen LogP contribution in [0.2, 0.25) is 0 Å². The highest BCUT2D eigenvalue weighted by Gasteiger charge is 2.34. The van der Waals surface area contributed by atoms with Gasteiger partial charge >= 0.3 is 0 Å². The van der Waals surface area contributed by atoms with Crippen LogP contribution in [-0.4, -0.2) is 37.0 Å². The summed E-state index contributed by atoms with van der Waals surface area (Å²) < 4.78 is 6.22. The van der Waals surface area contributed by atoms with E-state index in [0.29, 0.717) is 24.4 Å². The fraction of sp³-hybridized carbons (Fsp3) is 0.278. The molecule has 1 fully saturated rings. The van der Waals surface area contributed by atoms with E-state index in [2.05, 4.69) is 28.1 Å². The number of methoxy groups -OCH3 is 1. The Morgan fingerprint density at radius 3 is 2.58 bits per heavy atom. The lowest BCUT2D eigenvalue weighted by atomic mass is 9.95. The summed E-state index contributed by atoms with van der Waals surface area (Å²) in [5.74, 6) is 0.700. The van der Waals surface area contributed by atoms with Crippen LogP contribution in [-0.2, 0) is 0 Å². The van der Waals surface area contributed by atoms with Crippen LogP contribution in [0, 0.1) is 0 Å². The zero-order valence-electron chi connectivity index (χ0n) is 13.3. The van der Waals surface area contributed by atoms with Crippen molar-refractivity contribution in [2.45, 2.75) is 12.0 Å². The average molecular weight is 412 g/mol. The van der Waals surface area contributed by atoms with Gasteiger partial charge in [-0.05, 0) is 23.8 Å². The van der Waals surface area contributed by atoms with E-state index in [0.717, 1.165) is 4.47 Å². The van der Waals surface area contributed by atoms with E-state index in [1.54, 1.807) is 19.2 Å². The summed E-state index contributed by atoms with van der Waals surface area (Å²) in [7, 11) is 1.57. The predicted octanol–water partition coefficient (Wildman–Crippen LogP) is 3.45. The van der Waals surface area contributed by atoms with Gasteiger partial charge in [-0.15, -0.1) is 12.4 Å². The molecule has 1 amide bonds. The second kappa shape index (κ2) is 8.01. The first-order valence-electron chi connectivity index (χ1n) is 7.53. The van der Waals surface area contributed by atoms with Gasteiger partial charge in [0, 0.05) is 29.5 Å². The number of amides is 1. The van der Waals surface area contributed by atoms with Gasteiger partial charge in [0.15, 0.2) is 0 Å². The summed E-state index contributed by atoms with van der Waals surface area (Å²) in [6.07, 6.45) is 0. The number of ether oxygens (including phenoxy) is 1. The molecule has 2 N–H and O–H groups in total. The molecule has 128 valence electrons. The molecule has 0 spiro atoms. The van der Waals surface area contributed by atoms with E-state index in [9.17, 15) is 4.79 Å². The smallest absolute Gasteiger partial charge is 0.257 e. The summed E-state index contributed by atoms with van der Waals surface area (Å²) in [4.78, 5) is 14.6. The van der Waals surface area contributed by atoms with Gasteiger partial charge in [-0.2, -0.15) is 0 Å². The molecule has 4 nitrogen and oxygen atoms in total. The summed E-state index contributed by atoms with van der Waals surface area (Å²) in [6.45, 7) is 1.18. The Morgan fingerprint density at radius 1 is 1.21 bits per heavy atom. The van der Waals surface area contributed by atoms with Gasteiger partial charge in [-0.25, -0.2) is 0 Å². The van der Waals surface area contributed by atoms with E-state index in [1.165, 1.54) is 5.56 Å². The van der Waals surface area contributed by atoms with E-state index in [1.807, 2.05) is 29.2 Å². The van der Waals surface area contributed by atoms with Gasteiger partial charge in [0.1, 0.15) is 5.75 Å². The molecule has 2 atom stereocenters. The highest BCUT2D eigenvalue weighted by atomic mass is 79.9. The van der Waals surface area contributed by atoms with Crippen LogP contribution in [0.25, 0.3) is 0 Å². The molecule has 2 aromatic rings. The number of rotatable bonds is 3. The minimum Gasteiger partial charge on any atom is -0.496 e. The maximum atomic E-state index is 12.8. The van der Waals surface area contributed by atoms with Crippen molar-refractivity contribution in [3.05, 3.63) is 64.1 Å². The van der Waals surface area contributed by atoms with Gasteiger partial charge < -0.3 is 15.4 Å². The van der Waals surface area contributed by atoms with Gasteiger partial charge in [0.2, 0.25) is 0 Å². The number of nitrogens with zero attached hydrogens (tertiary/aromatic N) is 1. The minimum atomic E-state index is -0.0530. The number of halogens is 2. The number of nitrogens with two attached hydrogens (primary N) is 1. The summed E-state index contributed by atoms with van der Waals surface area (Å²) in [5.41, 5.74) is 8.02. The van der Waals surface area contributed by atoms with Crippen molar-refractivity contribution in [2.75, 3.05) is 20.2 Å². The molecule has 3 rings (SSSR count). The molecule has 0 radical (unpaired) electrons. The normalized spacial score (nSPS) is 19.7. The molecular formula is C18H20BrClN2O2. The minimum absolute atomic E-state index is 0. The molecule has 6 heteroatoms. The van der Waals surface area contributed by atoms with Crippen LogP contribution in [0.5, 0.6) is 5.75 Å². The van der Waals surface area contributed by atoms with Crippen molar-refractivity contribution < 1.29 is 9.53 Å². The monoisotopic (exact) mass is 410 g/mol. The lowest BCUT2D eigenvalue weighted by Crippen LogP contribution is -2.32. The Labute approximate surface area is 156 Å². The maximum absolute atomic E-state index is 12.8. The molecule has 0 aromatic heterocycles. The van der Waals surface area contributed by atoms with E-state index < -0.39 is 0 Å². The number of carbonyl (C=O) groups excluding carboxylic acids is 1. The van der Waals surface area contributed by atoms with Crippen molar-refractivity contribution in [1.29, 1.82) is 0 Å². The Balaban J connectivity index is 0.00000208. The first-order chi connectivity index (χ1) is 11.1. The molecule has 1 heterocycles. The highest BCUT2D eigenvalue weighted by Crippen LogP contribution is 2.30. The molecular weight excluding hydrogens is 392 g/mol. The third-order valence-corrected chi connectivity index (χ3v) is 4.77. The van der Waals surface area contributed by atoms with Crippen LogP contribution in [0.1, 0.15) is 21.8 Å². The van der Waals surface area contributed by atoms with Crippen molar-refractivity contribution in [2.24, 2.45) is 5.73 Å². The zero-order chi connectivity index (χ0) is 16.4. The fourth-order valence-corrected chi connectivity index (χ4v) is 3.40. The molecule has 2 aromatic carbocycles. The largest absolute Gasteiger partial charge is 0.496 e. The number of benzene rings is 2. The summed E-state index contributed by atoms with van der Waals surface area (Å²) in [6, 6.07) is 15.5. The van der Waals surface area contributed by atoms with Crippen molar-refractivity contribution in [3.63, 3.8) is 0 Å². The molecule has 1 aliphatic heterocycles. The van der Waals surface area contributed by atoms with Gasteiger partial charge in [0.05, 0.1) is 12.7 Å². The van der Waals surface area contributed by atoms with Crippen LogP contribution >= 0.6 is 28.3 Å². The second-order valence-electron chi connectivity index (χ2n) is 5.74. The molecule has 1 saturated heterocycles. The highest BCUT2D eigenvalue weighted by molar-refractivity contribution is 9.10. The van der Waals surface area contributed by atoms with Crippen LogP contribution in [0.3, 0.4) is 0 Å². The molecule has 1 aliphatic rings. The average Bonchev–Trinajstić information content (AvgIpc) is 2.96. The second-order valence-corrected chi connectivity index (χ2v) is 6.65. The molecule has 0 bridgehead atoms. The SMILES string of the molecule is COc1cc(Br)ccc1C(=O)N1C[C@@H](N)[C@H](c2ccccc2)C1.Cl. The Hall–Kier alpha value is -1.56. The number of hydrogen-bond donors (Lipinski definition) is 1. The van der Waals surface area contributed by atoms with Crippen LogP contribution in [0.15, 0.2) is 53.0 Å². The number of hydrogen-bond acceptors (Lipinski definition) is 3. The van der Waals surface area contributed by atoms with E-state index in [4.69, 9.17) is 10.5 Å². The van der Waals surface area contributed by atoms with Gasteiger partial charge in [-0.1, -0.05) is 46.3 Å². The molecule has 24 heavy (non-hydrogen) atoms. The first kappa shape index (κ1) is 18.8. The fourth-order valence-electron chi connectivity index (χ4n) is 3.06. The van der Waals surface area contributed by atoms with Gasteiger partial charge in [0.25, 0.3) is 5.91 Å². The molecule has 0 unspecified atom stereocenters. The van der Waals surface area contributed by atoms with E-state index >= 15 is 0 Å². The lowest BCUT2D eigenvalue weighted by Gasteiger charge is -2.18. The standard InChI is InChI=1S/C18H19BrN2O2.ClH/c1-23-17-9-13(19)7-8-14(17)18(22)21-10-15(16(20)11-21)12-5-3-2-4-6-12;/h2-9,15-16H,10-11,20H2,1H3;1H/t15-,16+;/m0./s1. The van der Waals surface area contributed by atoms with E-state index in [-0.39, 0.29) is 30.3 Å². The number of likely N-dealkylation sites (tertiary alicyclic amines) is 1. The zero-order valence-corrected chi connectivity index (χ0v) is 15.7. The Bertz CT molecular complexity index is 711. The molecule has 0 aliphatic carbocycles. The summed E-state index contributed by atoms with van der Waals surface area (Å²) >= 11 is 3.39.